The van der Waals surface area contributed by atoms with Gasteiger partial charge in [-0.1, -0.05) is 70.5 Å². The third-order valence-electron chi connectivity index (χ3n) is 6.48. The molecule has 38 heavy (non-hydrogen) atoms. The highest BCUT2D eigenvalue weighted by molar-refractivity contribution is 9.10. The highest BCUT2D eigenvalue weighted by Gasteiger charge is 2.29. The highest BCUT2D eigenvalue weighted by atomic mass is 79.9. The number of hydrogen-bond acceptors (Lipinski definition) is 4. The first kappa shape index (κ1) is 25.5. The fraction of sp³-hybridized carbons (Fsp3) is 0.125. The van der Waals surface area contributed by atoms with Gasteiger partial charge in [-0.05, 0) is 72.5 Å². The van der Waals surface area contributed by atoms with Crippen molar-refractivity contribution in [2.24, 2.45) is 5.92 Å². The summed E-state index contributed by atoms with van der Waals surface area (Å²) in [5.41, 5.74) is 4.18. The van der Waals surface area contributed by atoms with Gasteiger partial charge >= 0.3 is 5.97 Å². The maximum atomic E-state index is 14.4. The predicted octanol–water partition coefficient (Wildman–Crippen LogP) is 7.70. The predicted molar refractivity (Wildman–Crippen MR) is 152 cm³/mol. The molecule has 3 aromatic carbocycles. The fourth-order valence-electron chi connectivity index (χ4n) is 4.53. The van der Waals surface area contributed by atoms with Gasteiger partial charge in [-0.15, -0.1) is 0 Å². The number of fused-ring (bicyclic) bond motifs is 1. The Morgan fingerprint density at radius 1 is 0.789 bits per heavy atom. The maximum absolute atomic E-state index is 14.4. The number of methoxy groups -OCH3 is 1. The first-order chi connectivity index (χ1) is 18.5. The standard InChI is InChI=1S/C32H26BrNO4/c1-37-32(36)25-14-10-22(11-15-25)20-26(21-23-12-17-27(33)18-13-23)31(35)34(28-7-3-2-4-8-28)30-19-16-24-6-5-9-29(24)38-30/h2-19,26H,20-21H2,1H3. The van der Waals surface area contributed by atoms with Crippen molar-refractivity contribution >= 4 is 39.4 Å². The summed E-state index contributed by atoms with van der Waals surface area (Å²) < 4.78 is 12.0. The van der Waals surface area contributed by atoms with Crippen molar-refractivity contribution in [3.05, 3.63) is 130 Å². The second-order valence-electron chi connectivity index (χ2n) is 9.05. The first-order valence-corrected chi connectivity index (χ1v) is 13.1. The Kier molecular flexibility index (Phi) is 7.70. The summed E-state index contributed by atoms with van der Waals surface area (Å²) in [6.07, 6.45) is 1.02. The molecule has 1 amide bonds. The lowest BCUT2D eigenvalue weighted by Gasteiger charge is -2.27. The van der Waals surface area contributed by atoms with Crippen LogP contribution >= 0.6 is 15.9 Å². The van der Waals surface area contributed by atoms with Gasteiger partial charge in [-0.3, -0.25) is 9.69 Å². The van der Waals surface area contributed by atoms with Gasteiger partial charge in [0.05, 0.1) is 18.4 Å². The van der Waals surface area contributed by atoms with Gasteiger partial charge in [-0.25, -0.2) is 4.79 Å². The summed E-state index contributed by atoms with van der Waals surface area (Å²) in [4.78, 5) is 28.0. The average Bonchev–Trinajstić information content (AvgIpc) is 3.43. The normalized spacial score (nSPS) is 11.7. The number of amides is 1. The zero-order valence-electron chi connectivity index (χ0n) is 20.8. The van der Waals surface area contributed by atoms with E-state index < -0.39 is 5.92 Å². The Morgan fingerprint density at radius 3 is 2.11 bits per heavy atom. The molecule has 0 bridgehead atoms. The van der Waals surface area contributed by atoms with Gasteiger partial charge in [0.2, 0.25) is 11.8 Å². The van der Waals surface area contributed by atoms with Crippen LogP contribution in [0.4, 0.5) is 11.6 Å². The van der Waals surface area contributed by atoms with Crippen molar-refractivity contribution in [3.8, 4) is 11.3 Å². The van der Waals surface area contributed by atoms with Crippen molar-refractivity contribution in [3.63, 3.8) is 0 Å². The first-order valence-electron chi connectivity index (χ1n) is 12.3. The van der Waals surface area contributed by atoms with E-state index >= 15 is 0 Å². The molecule has 1 unspecified atom stereocenters. The molecular formula is C32H26BrNO4. The van der Waals surface area contributed by atoms with Crippen LogP contribution in [0.2, 0.25) is 0 Å². The van der Waals surface area contributed by atoms with E-state index in [0.29, 0.717) is 24.3 Å². The van der Waals surface area contributed by atoms with Crippen LogP contribution in [-0.2, 0) is 22.4 Å². The third-order valence-corrected chi connectivity index (χ3v) is 7.01. The number of halogens is 1. The lowest BCUT2D eigenvalue weighted by Crippen LogP contribution is -2.35. The van der Waals surface area contributed by atoms with Crippen LogP contribution in [0.5, 0.6) is 0 Å². The Hall–Kier alpha value is -4.16. The number of ether oxygens (including phenoxy) is 1. The zero-order chi connectivity index (χ0) is 26.5. The Balaban J connectivity index is 1.53. The Morgan fingerprint density at radius 2 is 1.45 bits per heavy atom. The lowest BCUT2D eigenvalue weighted by molar-refractivity contribution is -0.121. The SMILES string of the molecule is COC(=O)c1ccc(CC(Cc2ccc(Br)cc2)C(=O)N(c2ccccc2)c2ccc3cccc-3o2)cc1. The van der Waals surface area contributed by atoms with Crippen molar-refractivity contribution in [2.45, 2.75) is 12.8 Å². The van der Waals surface area contributed by atoms with Crippen LogP contribution in [0.25, 0.3) is 11.3 Å². The van der Waals surface area contributed by atoms with E-state index in [1.54, 1.807) is 17.0 Å². The van der Waals surface area contributed by atoms with Crippen molar-refractivity contribution in [1.29, 1.82) is 0 Å². The summed E-state index contributed by atoms with van der Waals surface area (Å²) in [5, 5.41) is 0. The van der Waals surface area contributed by atoms with Crippen LogP contribution < -0.4 is 4.90 Å². The number of rotatable bonds is 8. The minimum absolute atomic E-state index is 0.0779. The average molecular weight is 568 g/mol. The molecule has 190 valence electrons. The molecule has 1 heterocycles. The Bertz CT molecular complexity index is 1490. The smallest absolute Gasteiger partial charge is 0.337 e. The van der Waals surface area contributed by atoms with Gasteiger partial charge < -0.3 is 9.15 Å². The lowest BCUT2D eigenvalue weighted by atomic mass is 9.90. The summed E-state index contributed by atoms with van der Waals surface area (Å²) >= 11 is 3.49. The molecule has 3 aromatic rings. The molecule has 2 aliphatic rings. The largest absolute Gasteiger partial charge is 0.465 e. The van der Waals surface area contributed by atoms with Crippen LogP contribution in [0.3, 0.4) is 0 Å². The molecule has 0 saturated carbocycles. The van der Waals surface area contributed by atoms with Crippen molar-refractivity contribution in [1.82, 2.24) is 0 Å². The maximum Gasteiger partial charge on any atom is 0.337 e. The van der Waals surface area contributed by atoms with E-state index in [2.05, 4.69) is 15.9 Å². The van der Waals surface area contributed by atoms with Gasteiger partial charge in [-0.2, -0.15) is 0 Å². The Labute approximate surface area is 230 Å². The number of hydrogen-bond donors (Lipinski definition) is 0. The van der Waals surface area contributed by atoms with Gasteiger partial charge in [0.15, 0.2) is 0 Å². The number of para-hydroxylation sites is 1. The molecule has 0 fully saturated rings. The van der Waals surface area contributed by atoms with E-state index in [4.69, 9.17) is 9.15 Å². The van der Waals surface area contributed by atoms with Gasteiger partial charge in [0.1, 0.15) is 5.76 Å². The highest BCUT2D eigenvalue weighted by Crippen LogP contribution is 2.34. The van der Waals surface area contributed by atoms with E-state index in [1.165, 1.54) is 7.11 Å². The number of benzene rings is 3. The van der Waals surface area contributed by atoms with E-state index in [9.17, 15) is 9.59 Å². The zero-order valence-corrected chi connectivity index (χ0v) is 22.4. The van der Waals surface area contributed by atoms with Crippen molar-refractivity contribution < 1.29 is 18.7 Å². The molecule has 0 radical (unpaired) electrons. The molecule has 0 spiro atoms. The number of anilines is 2. The van der Waals surface area contributed by atoms with Crippen LogP contribution in [0, 0.1) is 5.92 Å². The summed E-state index contributed by atoms with van der Waals surface area (Å²) in [6, 6.07) is 34.4. The molecule has 1 aliphatic heterocycles. The minimum atomic E-state index is -0.397. The summed E-state index contributed by atoms with van der Waals surface area (Å²) in [6.45, 7) is 0. The van der Waals surface area contributed by atoms with Gasteiger partial charge in [0, 0.05) is 22.0 Å². The fourth-order valence-corrected chi connectivity index (χ4v) is 4.79. The van der Waals surface area contributed by atoms with Crippen LogP contribution in [-0.4, -0.2) is 19.0 Å². The number of carbonyl (C=O) groups excluding carboxylic acids is 2. The number of carbonyl (C=O) groups is 2. The van der Waals surface area contributed by atoms with Crippen molar-refractivity contribution in [2.75, 3.05) is 12.0 Å². The molecular weight excluding hydrogens is 542 g/mol. The topological polar surface area (TPSA) is 59.8 Å². The molecule has 1 atom stereocenters. The van der Waals surface area contributed by atoms with Crippen LogP contribution in [0.1, 0.15) is 21.5 Å². The summed E-state index contributed by atoms with van der Waals surface area (Å²) in [5.74, 6) is 0.316. The van der Waals surface area contributed by atoms with E-state index in [-0.39, 0.29) is 11.9 Å². The number of esters is 1. The summed E-state index contributed by atoms with van der Waals surface area (Å²) in [7, 11) is 1.36. The molecule has 0 N–H and O–H groups in total. The molecule has 5 rings (SSSR count). The second kappa shape index (κ2) is 11.5. The molecule has 6 heteroatoms. The van der Waals surface area contributed by atoms with Crippen LogP contribution in [0.15, 0.2) is 118 Å². The van der Waals surface area contributed by atoms with E-state index in [0.717, 1.165) is 32.6 Å². The van der Waals surface area contributed by atoms with Gasteiger partial charge in [0.25, 0.3) is 0 Å². The second-order valence-corrected chi connectivity index (χ2v) is 9.96. The molecule has 0 aromatic heterocycles. The minimum Gasteiger partial charge on any atom is -0.465 e. The third kappa shape index (κ3) is 5.71. The number of nitrogens with zero attached hydrogens (tertiary/aromatic N) is 1. The molecule has 1 aliphatic carbocycles. The molecule has 0 saturated heterocycles. The quantitative estimate of drug-likeness (QED) is 0.180. The van der Waals surface area contributed by atoms with E-state index in [1.807, 2.05) is 97.1 Å². The monoisotopic (exact) mass is 567 g/mol. The molecule has 5 nitrogen and oxygen atoms in total.